The van der Waals surface area contributed by atoms with E-state index in [1.165, 1.54) is 48.2 Å². The number of thioether (sulfide) groups is 1. The standard InChI is InChI=1S/C21H23FN4O4S/c1-14(31-19-8-6-18(7-9-19)26(29)30)20(27)25-12-10-17(11-13-25)24-21(28)23-16-4-2-15(22)3-5-16/h2-9,14,17H,10-13H2,1H3,(H2,23,24,28)/t14-/m0/s1. The van der Waals surface area contributed by atoms with E-state index in [0.717, 1.165) is 4.90 Å². The molecule has 3 amide bonds. The quantitative estimate of drug-likeness (QED) is 0.396. The first kappa shape index (κ1) is 22.5. The Balaban J connectivity index is 1.43. The molecule has 1 aliphatic rings. The SMILES string of the molecule is C[C@H](Sc1ccc([N+](=O)[O-])cc1)C(=O)N1CCC(NC(=O)Nc2ccc(F)cc2)CC1. The zero-order valence-corrected chi connectivity index (χ0v) is 17.7. The summed E-state index contributed by atoms with van der Waals surface area (Å²) in [6.07, 6.45) is 1.27. The number of benzene rings is 2. The zero-order valence-electron chi connectivity index (χ0n) is 16.9. The smallest absolute Gasteiger partial charge is 0.319 e. The molecule has 0 bridgehead atoms. The number of piperidine rings is 1. The third kappa shape index (κ3) is 6.42. The van der Waals surface area contributed by atoms with Gasteiger partial charge in [0.2, 0.25) is 5.91 Å². The number of carbonyl (C=O) groups excluding carboxylic acids is 2. The molecule has 1 fully saturated rings. The van der Waals surface area contributed by atoms with E-state index in [1.807, 2.05) is 6.92 Å². The first-order valence-electron chi connectivity index (χ1n) is 9.85. The third-order valence-corrected chi connectivity index (χ3v) is 6.05. The fraction of sp³-hybridized carbons (Fsp3) is 0.333. The predicted octanol–water partition coefficient (Wildman–Crippen LogP) is 4.03. The number of non-ortho nitro benzene ring substituents is 1. The lowest BCUT2D eigenvalue weighted by atomic mass is 10.0. The van der Waals surface area contributed by atoms with Crippen LogP contribution in [0.2, 0.25) is 0 Å². The summed E-state index contributed by atoms with van der Waals surface area (Å²) in [7, 11) is 0. The maximum atomic E-state index is 12.9. The van der Waals surface area contributed by atoms with Gasteiger partial charge in [-0.2, -0.15) is 0 Å². The number of nitro groups is 1. The fourth-order valence-electron chi connectivity index (χ4n) is 3.29. The molecule has 10 heteroatoms. The summed E-state index contributed by atoms with van der Waals surface area (Å²) in [6.45, 7) is 2.88. The molecule has 0 aliphatic carbocycles. The summed E-state index contributed by atoms with van der Waals surface area (Å²) in [5.74, 6) is -0.374. The molecule has 3 rings (SSSR count). The van der Waals surface area contributed by atoms with Gasteiger partial charge in [0, 0.05) is 41.8 Å². The van der Waals surface area contributed by atoms with Gasteiger partial charge in [0.15, 0.2) is 0 Å². The summed E-state index contributed by atoms with van der Waals surface area (Å²) in [5, 5.41) is 16.0. The molecule has 2 aromatic rings. The summed E-state index contributed by atoms with van der Waals surface area (Å²) in [4.78, 5) is 37.7. The summed E-state index contributed by atoms with van der Waals surface area (Å²) >= 11 is 1.36. The van der Waals surface area contributed by atoms with Crippen LogP contribution in [0.4, 0.5) is 20.6 Å². The lowest BCUT2D eigenvalue weighted by Crippen LogP contribution is -2.49. The Bertz CT molecular complexity index is 931. The van der Waals surface area contributed by atoms with Crippen LogP contribution in [-0.2, 0) is 4.79 Å². The minimum absolute atomic E-state index is 0.00225. The highest BCUT2D eigenvalue weighted by molar-refractivity contribution is 8.00. The number of anilines is 1. The molecular formula is C21H23FN4O4S. The van der Waals surface area contributed by atoms with E-state index in [9.17, 15) is 24.1 Å². The minimum atomic E-state index is -0.457. The highest BCUT2D eigenvalue weighted by Crippen LogP contribution is 2.27. The van der Waals surface area contributed by atoms with Crippen molar-refractivity contribution in [3.8, 4) is 0 Å². The zero-order chi connectivity index (χ0) is 22.4. The molecule has 2 N–H and O–H groups in total. The Morgan fingerprint density at radius 2 is 1.74 bits per heavy atom. The van der Waals surface area contributed by atoms with Crippen LogP contribution in [0.15, 0.2) is 53.4 Å². The number of carbonyl (C=O) groups is 2. The van der Waals surface area contributed by atoms with E-state index < -0.39 is 4.92 Å². The number of urea groups is 1. The predicted molar refractivity (Wildman–Crippen MR) is 117 cm³/mol. The van der Waals surface area contributed by atoms with Crippen LogP contribution >= 0.6 is 11.8 Å². The molecule has 31 heavy (non-hydrogen) atoms. The Morgan fingerprint density at radius 1 is 1.13 bits per heavy atom. The van der Waals surface area contributed by atoms with Crippen LogP contribution in [0.25, 0.3) is 0 Å². The van der Waals surface area contributed by atoms with E-state index in [2.05, 4.69) is 10.6 Å². The second-order valence-electron chi connectivity index (χ2n) is 7.22. The first-order chi connectivity index (χ1) is 14.8. The topological polar surface area (TPSA) is 105 Å². The van der Waals surface area contributed by atoms with Crippen molar-refractivity contribution in [1.82, 2.24) is 10.2 Å². The number of hydrogen-bond acceptors (Lipinski definition) is 5. The normalized spacial score (nSPS) is 15.2. The second-order valence-corrected chi connectivity index (χ2v) is 8.63. The third-order valence-electron chi connectivity index (χ3n) is 4.95. The monoisotopic (exact) mass is 446 g/mol. The molecule has 0 saturated carbocycles. The Hall–Kier alpha value is -3.14. The first-order valence-corrected chi connectivity index (χ1v) is 10.7. The van der Waals surface area contributed by atoms with E-state index in [-0.39, 0.29) is 34.7 Å². The number of rotatable bonds is 6. The van der Waals surface area contributed by atoms with Crippen LogP contribution in [0.1, 0.15) is 19.8 Å². The van der Waals surface area contributed by atoms with Gasteiger partial charge in [0.25, 0.3) is 5.69 Å². The number of amides is 3. The van der Waals surface area contributed by atoms with Crippen LogP contribution < -0.4 is 10.6 Å². The molecule has 8 nitrogen and oxygen atoms in total. The van der Waals surface area contributed by atoms with Crippen LogP contribution in [0, 0.1) is 15.9 Å². The average Bonchev–Trinajstić information content (AvgIpc) is 2.75. The number of nitrogens with zero attached hydrogens (tertiary/aromatic N) is 2. The number of halogens is 1. The lowest BCUT2D eigenvalue weighted by molar-refractivity contribution is -0.384. The fourth-order valence-corrected chi connectivity index (χ4v) is 4.24. The second kappa shape index (κ2) is 10.3. The van der Waals surface area contributed by atoms with Crippen LogP contribution in [0.3, 0.4) is 0 Å². The highest BCUT2D eigenvalue weighted by Gasteiger charge is 2.27. The van der Waals surface area contributed by atoms with E-state index in [0.29, 0.717) is 31.6 Å². The summed E-state index contributed by atoms with van der Waals surface area (Å²) in [5.41, 5.74) is 0.518. The van der Waals surface area contributed by atoms with Gasteiger partial charge < -0.3 is 15.5 Å². The molecule has 0 radical (unpaired) electrons. The Kier molecular flexibility index (Phi) is 7.45. The molecule has 1 atom stereocenters. The van der Waals surface area contributed by atoms with Gasteiger partial charge in [-0.1, -0.05) is 0 Å². The van der Waals surface area contributed by atoms with Gasteiger partial charge in [-0.05, 0) is 56.2 Å². The van der Waals surface area contributed by atoms with Crippen molar-refractivity contribution in [1.29, 1.82) is 0 Å². The van der Waals surface area contributed by atoms with Gasteiger partial charge >= 0.3 is 6.03 Å². The van der Waals surface area contributed by atoms with Gasteiger partial charge in [-0.15, -0.1) is 11.8 Å². The number of nitrogens with one attached hydrogen (secondary N) is 2. The molecule has 1 saturated heterocycles. The van der Waals surface area contributed by atoms with Crippen molar-refractivity contribution < 1.29 is 18.9 Å². The maximum absolute atomic E-state index is 12.9. The van der Waals surface area contributed by atoms with Crippen molar-refractivity contribution >= 4 is 35.1 Å². The molecule has 0 spiro atoms. The van der Waals surface area contributed by atoms with Crippen molar-refractivity contribution in [3.05, 3.63) is 64.5 Å². The molecular weight excluding hydrogens is 423 g/mol. The van der Waals surface area contributed by atoms with Gasteiger partial charge in [0.1, 0.15) is 5.82 Å². The van der Waals surface area contributed by atoms with Crippen molar-refractivity contribution in [2.75, 3.05) is 18.4 Å². The van der Waals surface area contributed by atoms with E-state index in [1.54, 1.807) is 17.0 Å². The van der Waals surface area contributed by atoms with Gasteiger partial charge in [0.05, 0.1) is 10.2 Å². The molecule has 2 aromatic carbocycles. The van der Waals surface area contributed by atoms with Crippen molar-refractivity contribution in [3.63, 3.8) is 0 Å². The highest BCUT2D eigenvalue weighted by atomic mass is 32.2. The molecule has 164 valence electrons. The summed E-state index contributed by atoms with van der Waals surface area (Å²) < 4.78 is 12.9. The van der Waals surface area contributed by atoms with E-state index >= 15 is 0 Å². The molecule has 0 unspecified atom stereocenters. The largest absolute Gasteiger partial charge is 0.342 e. The lowest BCUT2D eigenvalue weighted by Gasteiger charge is -2.33. The van der Waals surface area contributed by atoms with Crippen LogP contribution in [0.5, 0.6) is 0 Å². The summed E-state index contributed by atoms with van der Waals surface area (Å²) in [6, 6.07) is 11.2. The number of hydrogen-bond donors (Lipinski definition) is 2. The van der Waals surface area contributed by atoms with Crippen molar-refractivity contribution in [2.24, 2.45) is 0 Å². The average molecular weight is 447 g/mol. The molecule has 1 aliphatic heterocycles. The number of nitro benzene ring substituents is 1. The van der Waals surface area contributed by atoms with Crippen LogP contribution in [-0.4, -0.2) is 46.1 Å². The minimum Gasteiger partial charge on any atom is -0.342 e. The Morgan fingerprint density at radius 3 is 2.32 bits per heavy atom. The maximum Gasteiger partial charge on any atom is 0.319 e. The van der Waals surface area contributed by atoms with E-state index in [4.69, 9.17) is 0 Å². The van der Waals surface area contributed by atoms with Gasteiger partial charge in [-0.25, -0.2) is 9.18 Å². The number of likely N-dealkylation sites (tertiary alicyclic amines) is 1. The van der Waals surface area contributed by atoms with Crippen molar-refractivity contribution in [2.45, 2.75) is 36.0 Å². The Labute approximate surface area is 183 Å². The van der Waals surface area contributed by atoms with Gasteiger partial charge in [-0.3, -0.25) is 14.9 Å². The molecule has 1 heterocycles. The molecule has 0 aromatic heterocycles.